The number of rotatable bonds is 8. The number of hydrazine groups is 1. The fourth-order valence-electron chi connectivity index (χ4n) is 6.32. The fourth-order valence-corrected chi connectivity index (χ4v) is 6.32. The number of carbonyl (C=O) groups excluding carboxylic acids is 1. The molecular weight excluding hydrogens is 440 g/mol. The zero-order chi connectivity index (χ0) is 24.6. The molecule has 36 heavy (non-hydrogen) atoms. The maximum Gasteiger partial charge on any atom is 0.252 e. The Morgan fingerprint density at radius 1 is 0.694 bits per heavy atom. The van der Waals surface area contributed by atoms with Crippen molar-refractivity contribution in [3.05, 3.63) is 108 Å². The Labute approximate surface area is 217 Å². The molecule has 1 aliphatic carbocycles. The van der Waals surface area contributed by atoms with Crippen molar-refractivity contribution in [3.8, 4) is 0 Å². The summed E-state index contributed by atoms with van der Waals surface area (Å²) >= 11 is 0. The van der Waals surface area contributed by atoms with E-state index >= 15 is 4.79 Å². The van der Waals surface area contributed by atoms with Gasteiger partial charge < -0.3 is 0 Å². The average Bonchev–Trinajstić information content (AvgIpc) is 2.97. The summed E-state index contributed by atoms with van der Waals surface area (Å²) in [6, 6.07) is 31.6. The Balaban J connectivity index is 1.64. The van der Waals surface area contributed by atoms with Gasteiger partial charge in [0, 0.05) is 19.6 Å². The van der Waals surface area contributed by atoms with Crippen molar-refractivity contribution < 1.29 is 4.79 Å². The molecule has 1 saturated carbocycles. The number of hydrogen-bond donors (Lipinski definition) is 0. The van der Waals surface area contributed by atoms with Crippen LogP contribution in [0.2, 0.25) is 0 Å². The molecule has 3 aromatic carbocycles. The summed E-state index contributed by atoms with van der Waals surface area (Å²) < 4.78 is 0. The Kier molecular flexibility index (Phi) is 8.18. The van der Waals surface area contributed by atoms with E-state index in [1.807, 2.05) is 0 Å². The third kappa shape index (κ3) is 5.42. The Bertz CT molecular complexity index is 1030. The minimum absolute atomic E-state index is 0.233. The van der Waals surface area contributed by atoms with Crippen molar-refractivity contribution in [1.29, 1.82) is 0 Å². The van der Waals surface area contributed by atoms with Crippen molar-refractivity contribution in [2.45, 2.75) is 63.2 Å². The van der Waals surface area contributed by atoms with E-state index in [2.05, 4.69) is 101 Å². The smallest absolute Gasteiger partial charge is 0.252 e. The van der Waals surface area contributed by atoms with E-state index in [1.165, 1.54) is 44.1 Å². The highest BCUT2D eigenvalue weighted by Gasteiger charge is 2.46. The molecule has 3 heteroatoms. The molecule has 0 bridgehead atoms. The first kappa shape index (κ1) is 24.8. The van der Waals surface area contributed by atoms with E-state index in [4.69, 9.17) is 0 Å². The number of benzene rings is 3. The molecule has 0 spiro atoms. The quantitative estimate of drug-likeness (QED) is 0.346. The SMILES string of the molecule is O=C(N(CC1CCCCC1)N1CCCCC1)C(Cc1ccccc1)(c1ccccc1)c1ccccc1. The highest BCUT2D eigenvalue weighted by Crippen LogP contribution is 2.39. The molecule has 188 valence electrons. The van der Waals surface area contributed by atoms with Gasteiger partial charge in [-0.05, 0) is 54.7 Å². The fraction of sp³-hybridized carbons (Fsp3) is 0.424. The lowest BCUT2D eigenvalue weighted by atomic mass is 9.69. The van der Waals surface area contributed by atoms with Crippen LogP contribution in [0.4, 0.5) is 0 Å². The number of piperidine rings is 1. The van der Waals surface area contributed by atoms with Gasteiger partial charge in [-0.3, -0.25) is 9.80 Å². The standard InChI is InChI=1S/C33H40N2O/c36-32(35(34-24-14-5-15-25-34)27-29-18-8-2-9-19-29)33(30-20-10-3-11-21-30,31-22-12-4-13-23-31)26-28-16-6-1-7-17-28/h1,3-4,6-7,10-13,16-17,20-23,29H,2,5,8-9,14-15,18-19,24-27H2. The first-order valence-corrected chi connectivity index (χ1v) is 14.0. The van der Waals surface area contributed by atoms with Gasteiger partial charge in [0.1, 0.15) is 5.41 Å². The minimum Gasteiger partial charge on any atom is -0.274 e. The summed E-state index contributed by atoms with van der Waals surface area (Å²) in [6.07, 6.45) is 10.6. The summed E-state index contributed by atoms with van der Waals surface area (Å²) in [5.74, 6) is 0.821. The summed E-state index contributed by atoms with van der Waals surface area (Å²) in [4.78, 5) is 15.2. The molecule has 3 nitrogen and oxygen atoms in total. The van der Waals surface area contributed by atoms with Crippen molar-refractivity contribution in [3.63, 3.8) is 0 Å². The highest BCUT2D eigenvalue weighted by atomic mass is 16.2. The van der Waals surface area contributed by atoms with Crippen molar-refractivity contribution in [2.75, 3.05) is 19.6 Å². The highest BCUT2D eigenvalue weighted by molar-refractivity contribution is 5.92. The van der Waals surface area contributed by atoms with E-state index in [-0.39, 0.29) is 5.91 Å². The second kappa shape index (κ2) is 11.9. The Morgan fingerprint density at radius 2 is 1.19 bits per heavy atom. The van der Waals surface area contributed by atoms with Crippen molar-refractivity contribution in [2.24, 2.45) is 5.92 Å². The van der Waals surface area contributed by atoms with Crippen LogP contribution in [0.15, 0.2) is 91.0 Å². The lowest BCUT2D eigenvalue weighted by Gasteiger charge is -2.45. The molecule has 0 radical (unpaired) electrons. The molecule has 5 rings (SSSR count). The normalized spacial score (nSPS) is 17.6. The maximum atomic E-state index is 15.2. The van der Waals surface area contributed by atoms with E-state index in [0.29, 0.717) is 12.3 Å². The zero-order valence-electron chi connectivity index (χ0n) is 21.5. The lowest BCUT2D eigenvalue weighted by molar-refractivity contribution is -0.158. The van der Waals surface area contributed by atoms with E-state index < -0.39 is 5.41 Å². The van der Waals surface area contributed by atoms with Gasteiger partial charge in [0.25, 0.3) is 5.91 Å². The molecule has 1 aliphatic heterocycles. The molecule has 2 aliphatic rings. The van der Waals surface area contributed by atoms with Crippen LogP contribution < -0.4 is 0 Å². The molecule has 0 N–H and O–H groups in total. The summed E-state index contributed by atoms with van der Waals surface area (Å²) in [7, 11) is 0. The Hall–Kier alpha value is -2.91. The monoisotopic (exact) mass is 480 g/mol. The molecular formula is C33H40N2O. The van der Waals surface area contributed by atoms with E-state index in [0.717, 1.165) is 43.6 Å². The largest absolute Gasteiger partial charge is 0.274 e. The predicted octanol–water partition coefficient (Wildman–Crippen LogP) is 7.03. The second-order valence-corrected chi connectivity index (χ2v) is 10.7. The van der Waals surface area contributed by atoms with Gasteiger partial charge in [-0.25, -0.2) is 5.01 Å². The lowest BCUT2D eigenvalue weighted by Crippen LogP contribution is -2.58. The van der Waals surface area contributed by atoms with Gasteiger partial charge in [-0.1, -0.05) is 117 Å². The Morgan fingerprint density at radius 3 is 1.75 bits per heavy atom. The van der Waals surface area contributed by atoms with Gasteiger partial charge in [-0.15, -0.1) is 0 Å². The van der Waals surface area contributed by atoms with Crippen LogP contribution in [-0.4, -0.2) is 35.6 Å². The van der Waals surface area contributed by atoms with Crippen LogP contribution in [0.5, 0.6) is 0 Å². The maximum absolute atomic E-state index is 15.2. The molecule has 1 heterocycles. The predicted molar refractivity (Wildman–Crippen MR) is 148 cm³/mol. The third-order valence-corrected chi connectivity index (χ3v) is 8.27. The second-order valence-electron chi connectivity index (χ2n) is 10.7. The summed E-state index contributed by atoms with van der Waals surface area (Å²) in [6.45, 7) is 2.79. The number of nitrogens with zero attached hydrogens (tertiary/aromatic N) is 2. The molecule has 0 unspecified atom stereocenters. The van der Waals surface area contributed by atoms with Crippen molar-refractivity contribution >= 4 is 5.91 Å². The van der Waals surface area contributed by atoms with Gasteiger partial charge in [-0.2, -0.15) is 0 Å². The zero-order valence-corrected chi connectivity index (χ0v) is 21.5. The molecule has 1 saturated heterocycles. The third-order valence-electron chi connectivity index (χ3n) is 8.27. The van der Waals surface area contributed by atoms with Crippen LogP contribution in [0.1, 0.15) is 68.1 Å². The molecule has 1 amide bonds. The van der Waals surface area contributed by atoms with Crippen molar-refractivity contribution in [1.82, 2.24) is 10.0 Å². The van der Waals surface area contributed by atoms with Crippen LogP contribution in [0.25, 0.3) is 0 Å². The number of carbonyl (C=O) groups is 1. The summed E-state index contributed by atoms with van der Waals surface area (Å²) in [5, 5.41) is 4.60. The average molecular weight is 481 g/mol. The van der Waals surface area contributed by atoms with E-state index in [1.54, 1.807) is 0 Å². The van der Waals surface area contributed by atoms with Gasteiger partial charge >= 0.3 is 0 Å². The van der Waals surface area contributed by atoms with Crippen LogP contribution in [0, 0.1) is 5.92 Å². The topological polar surface area (TPSA) is 23.6 Å². The first-order chi connectivity index (χ1) is 17.8. The molecule has 0 aromatic heterocycles. The van der Waals surface area contributed by atoms with Crippen LogP contribution in [-0.2, 0) is 16.6 Å². The molecule has 0 atom stereocenters. The molecule has 2 fully saturated rings. The van der Waals surface area contributed by atoms with Gasteiger partial charge in [0.15, 0.2) is 0 Å². The molecule has 3 aromatic rings. The van der Waals surface area contributed by atoms with Crippen LogP contribution in [0.3, 0.4) is 0 Å². The summed E-state index contributed by atoms with van der Waals surface area (Å²) in [5.41, 5.74) is 2.57. The van der Waals surface area contributed by atoms with Crippen LogP contribution >= 0.6 is 0 Å². The van der Waals surface area contributed by atoms with Gasteiger partial charge in [0.05, 0.1) is 0 Å². The van der Waals surface area contributed by atoms with Gasteiger partial charge in [0.2, 0.25) is 0 Å². The number of hydrogen-bond acceptors (Lipinski definition) is 2. The van der Waals surface area contributed by atoms with E-state index in [9.17, 15) is 0 Å². The number of amides is 1. The first-order valence-electron chi connectivity index (χ1n) is 14.0. The minimum atomic E-state index is -0.782.